The molecule has 0 aliphatic heterocycles. The molecule has 140 valence electrons. The van der Waals surface area contributed by atoms with Crippen LogP contribution in [0.1, 0.15) is 72.1 Å². The molecule has 1 aliphatic rings. The van der Waals surface area contributed by atoms with Gasteiger partial charge in [-0.15, -0.1) is 0 Å². The molecular formula is C19H35NO4. The van der Waals surface area contributed by atoms with Gasteiger partial charge in [0.15, 0.2) is 0 Å². The summed E-state index contributed by atoms with van der Waals surface area (Å²) in [4.78, 5) is 26.0. The Balaban J connectivity index is 2.50. The number of hydrogen-bond acceptors (Lipinski definition) is 4. The van der Waals surface area contributed by atoms with E-state index < -0.39 is 6.10 Å². The molecule has 0 radical (unpaired) electrons. The number of amides is 1. The molecule has 5 nitrogen and oxygen atoms in total. The molecule has 1 rings (SSSR count). The van der Waals surface area contributed by atoms with Crippen molar-refractivity contribution in [2.45, 2.75) is 78.2 Å². The molecule has 1 atom stereocenters. The number of aliphatic hydroxyl groups excluding tert-OH is 1. The minimum atomic E-state index is -0.586. The summed E-state index contributed by atoms with van der Waals surface area (Å²) in [6.07, 6.45) is 7.50. The molecule has 1 fully saturated rings. The van der Waals surface area contributed by atoms with E-state index in [-0.39, 0.29) is 30.8 Å². The van der Waals surface area contributed by atoms with Crippen molar-refractivity contribution < 1.29 is 19.4 Å². The predicted octanol–water partition coefficient (Wildman–Crippen LogP) is 3.15. The zero-order valence-electron chi connectivity index (χ0n) is 15.6. The van der Waals surface area contributed by atoms with E-state index in [1.54, 1.807) is 18.7 Å². The van der Waals surface area contributed by atoms with Crippen LogP contribution >= 0.6 is 0 Å². The molecule has 1 unspecified atom stereocenters. The third-order valence-corrected chi connectivity index (χ3v) is 4.85. The van der Waals surface area contributed by atoms with Crippen LogP contribution in [0.2, 0.25) is 0 Å². The summed E-state index contributed by atoms with van der Waals surface area (Å²) in [7, 11) is 0. The number of hydrogen-bond donors (Lipinski definition) is 1. The first-order chi connectivity index (χ1) is 11.5. The molecule has 0 saturated heterocycles. The van der Waals surface area contributed by atoms with Crippen LogP contribution in [0, 0.1) is 11.8 Å². The number of carbonyl (C=O) groups excluding carboxylic acids is 2. The topological polar surface area (TPSA) is 66.8 Å². The zero-order valence-corrected chi connectivity index (χ0v) is 15.6. The average molecular weight is 341 g/mol. The summed E-state index contributed by atoms with van der Waals surface area (Å²) >= 11 is 0. The summed E-state index contributed by atoms with van der Waals surface area (Å²) < 4.78 is 4.93. The van der Waals surface area contributed by atoms with Crippen molar-refractivity contribution in [1.82, 2.24) is 4.90 Å². The lowest BCUT2D eigenvalue weighted by molar-refractivity contribution is -0.145. The van der Waals surface area contributed by atoms with E-state index in [1.165, 1.54) is 19.3 Å². The molecule has 1 N–H and O–H groups in total. The highest BCUT2D eigenvalue weighted by Gasteiger charge is 2.29. The molecule has 0 spiro atoms. The molecule has 0 heterocycles. The summed E-state index contributed by atoms with van der Waals surface area (Å²) in [6, 6.07) is 0. The van der Waals surface area contributed by atoms with E-state index in [4.69, 9.17) is 4.74 Å². The van der Waals surface area contributed by atoms with Crippen LogP contribution in [0.25, 0.3) is 0 Å². The Morgan fingerprint density at radius 3 is 2.42 bits per heavy atom. The van der Waals surface area contributed by atoms with Gasteiger partial charge in [-0.1, -0.05) is 26.2 Å². The number of aliphatic hydroxyl groups is 1. The highest BCUT2D eigenvalue weighted by Crippen LogP contribution is 2.33. The van der Waals surface area contributed by atoms with Crippen LogP contribution < -0.4 is 0 Å². The van der Waals surface area contributed by atoms with Crippen molar-refractivity contribution in [2.75, 3.05) is 19.7 Å². The lowest BCUT2D eigenvalue weighted by atomic mass is 9.79. The third kappa shape index (κ3) is 7.65. The van der Waals surface area contributed by atoms with E-state index in [0.29, 0.717) is 13.2 Å². The number of rotatable bonds is 10. The van der Waals surface area contributed by atoms with Gasteiger partial charge in [-0.05, 0) is 45.4 Å². The lowest BCUT2D eigenvalue weighted by Crippen LogP contribution is -2.42. The molecular weight excluding hydrogens is 306 g/mol. The van der Waals surface area contributed by atoms with Gasteiger partial charge in [0.25, 0.3) is 0 Å². The molecule has 1 saturated carbocycles. The smallest absolute Gasteiger partial charge is 0.307 e. The number of ether oxygens (including phenoxy) is 1. The van der Waals surface area contributed by atoms with Gasteiger partial charge in [0.1, 0.15) is 0 Å². The average Bonchev–Trinajstić information content (AvgIpc) is 2.56. The van der Waals surface area contributed by atoms with E-state index in [2.05, 4.69) is 6.92 Å². The Morgan fingerprint density at radius 1 is 1.21 bits per heavy atom. The second-order valence-corrected chi connectivity index (χ2v) is 7.05. The van der Waals surface area contributed by atoms with Crippen LogP contribution in [0.15, 0.2) is 0 Å². The molecule has 5 heteroatoms. The summed E-state index contributed by atoms with van der Waals surface area (Å²) in [6.45, 7) is 6.63. The Kier molecular flexibility index (Phi) is 9.99. The fourth-order valence-corrected chi connectivity index (χ4v) is 3.52. The van der Waals surface area contributed by atoms with Crippen LogP contribution in [0.5, 0.6) is 0 Å². The summed E-state index contributed by atoms with van der Waals surface area (Å²) in [5.41, 5.74) is 0. The van der Waals surface area contributed by atoms with Gasteiger partial charge in [0.05, 0.1) is 19.1 Å². The van der Waals surface area contributed by atoms with E-state index >= 15 is 0 Å². The van der Waals surface area contributed by atoms with Crippen LogP contribution in [-0.2, 0) is 14.3 Å². The van der Waals surface area contributed by atoms with Crippen LogP contribution in [0.3, 0.4) is 0 Å². The van der Waals surface area contributed by atoms with Crippen molar-refractivity contribution in [2.24, 2.45) is 11.8 Å². The highest BCUT2D eigenvalue weighted by molar-refractivity contribution is 5.79. The van der Waals surface area contributed by atoms with Gasteiger partial charge in [-0.2, -0.15) is 0 Å². The van der Waals surface area contributed by atoms with Crippen molar-refractivity contribution in [3.63, 3.8) is 0 Å². The predicted molar refractivity (Wildman–Crippen MR) is 94.5 cm³/mol. The zero-order chi connectivity index (χ0) is 17.9. The monoisotopic (exact) mass is 341 g/mol. The fraction of sp³-hybridized carbons (Fsp3) is 0.895. The second-order valence-electron chi connectivity index (χ2n) is 7.05. The number of nitrogens with zero attached hydrogens (tertiary/aromatic N) is 1. The lowest BCUT2D eigenvalue weighted by Gasteiger charge is -2.32. The summed E-state index contributed by atoms with van der Waals surface area (Å²) in [5.74, 6) is 0.612. The SMILES string of the molecule is CCCCC1CCC(C(=O)N(CCC(=O)OCC)CC(C)O)CC1. The van der Waals surface area contributed by atoms with Gasteiger partial charge in [-0.25, -0.2) is 0 Å². The van der Waals surface area contributed by atoms with Crippen molar-refractivity contribution >= 4 is 11.9 Å². The van der Waals surface area contributed by atoms with Gasteiger partial charge in [0, 0.05) is 19.0 Å². The van der Waals surface area contributed by atoms with Crippen LogP contribution in [0.4, 0.5) is 0 Å². The Morgan fingerprint density at radius 2 is 1.88 bits per heavy atom. The molecule has 24 heavy (non-hydrogen) atoms. The minimum absolute atomic E-state index is 0.0452. The number of unbranched alkanes of at least 4 members (excludes halogenated alkanes) is 1. The Labute approximate surface area is 146 Å². The molecule has 1 aliphatic carbocycles. The molecule has 0 bridgehead atoms. The standard InChI is InChI=1S/C19H35NO4/c1-4-6-7-16-8-10-17(11-9-16)19(23)20(14-15(3)21)13-12-18(22)24-5-2/h15-17,21H,4-14H2,1-3H3. The fourth-order valence-electron chi connectivity index (χ4n) is 3.52. The van der Waals surface area contributed by atoms with Gasteiger partial charge >= 0.3 is 5.97 Å². The van der Waals surface area contributed by atoms with E-state index in [0.717, 1.165) is 31.6 Å². The Bertz CT molecular complexity index is 376. The maximum atomic E-state index is 12.8. The third-order valence-electron chi connectivity index (χ3n) is 4.85. The normalized spacial score (nSPS) is 22.0. The van der Waals surface area contributed by atoms with E-state index in [1.807, 2.05) is 0 Å². The number of esters is 1. The van der Waals surface area contributed by atoms with E-state index in [9.17, 15) is 14.7 Å². The van der Waals surface area contributed by atoms with Crippen molar-refractivity contribution in [1.29, 1.82) is 0 Å². The molecule has 0 aromatic rings. The van der Waals surface area contributed by atoms with Gasteiger partial charge < -0.3 is 14.7 Å². The highest BCUT2D eigenvalue weighted by atomic mass is 16.5. The van der Waals surface area contributed by atoms with Crippen LogP contribution in [-0.4, -0.2) is 47.7 Å². The molecule has 0 aromatic carbocycles. The quantitative estimate of drug-likeness (QED) is 0.620. The maximum Gasteiger partial charge on any atom is 0.307 e. The molecule has 1 amide bonds. The maximum absolute atomic E-state index is 12.8. The minimum Gasteiger partial charge on any atom is -0.466 e. The second kappa shape index (κ2) is 11.5. The summed E-state index contributed by atoms with van der Waals surface area (Å²) in [5, 5.41) is 9.67. The Hall–Kier alpha value is -1.10. The first kappa shape index (κ1) is 20.9. The number of carbonyl (C=O) groups is 2. The first-order valence-electron chi connectivity index (χ1n) is 9.60. The van der Waals surface area contributed by atoms with Gasteiger partial charge in [0.2, 0.25) is 5.91 Å². The van der Waals surface area contributed by atoms with Crippen molar-refractivity contribution in [3.05, 3.63) is 0 Å². The molecule has 0 aromatic heterocycles. The van der Waals surface area contributed by atoms with Gasteiger partial charge in [-0.3, -0.25) is 9.59 Å². The van der Waals surface area contributed by atoms with Crippen molar-refractivity contribution in [3.8, 4) is 0 Å². The largest absolute Gasteiger partial charge is 0.466 e. The first-order valence-corrected chi connectivity index (χ1v) is 9.60.